The number of imidazole rings is 1. The predicted octanol–water partition coefficient (Wildman–Crippen LogP) is 5.00. The second kappa shape index (κ2) is 7.82. The molecule has 2 aromatic heterocycles. The molecule has 0 aliphatic rings. The third-order valence-corrected chi connectivity index (χ3v) is 4.96. The summed E-state index contributed by atoms with van der Waals surface area (Å²) in [7, 11) is 1.42. The summed E-state index contributed by atoms with van der Waals surface area (Å²) in [6.07, 6.45) is 1.55. The van der Waals surface area contributed by atoms with Gasteiger partial charge < -0.3 is 20.4 Å². The molecule has 2 heterocycles. The zero-order valence-corrected chi connectivity index (χ0v) is 17.6. The molecule has 4 rings (SSSR count). The Morgan fingerprint density at radius 1 is 1.10 bits per heavy atom. The van der Waals surface area contributed by atoms with Crippen LogP contribution in [0.5, 0.6) is 5.75 Å². The number of methoxy groups -OCH3 is 1. The van der Waals surface area contributed by atoms with E-state index in [1.165, 1.54) is 25.3 Å². The molecule has 0 spiro atoms. The van der Waals surface area contributed by atoms with E-state index in [-0.39, 0.29) is 23.4 Å². The fourth-order valence-electron chi connectivity index (χ4n) is 3.61. The molecule has 0 amide bonds. The molecule has 0 fully saturated rings. The normalized spacial score (nSPS) is 11.3. The number of nitrogens with one attached hydrogen (secondary N) is 1. The maximum Gasteiger partial charge on any atom is 0.227 e. The lowest BCUT2D eigenvalue weighted by molar-refractivity contribution is 0.413. The zero-order chi connectivity index (χ0) is 22.3. The van der Waals surface area contributed by atoms with Crippen LogP contribution in [0.15, 0.2) is 36.5 Å². The monoisotopic (exact) mass is 424 g/mol. The van der Waals surface area contributed by atoms with Gasteiger partial charge in [-0.05, 0) is 45.0 Å². The van der Waals surface area contributed by atoms with Gasteiger partial charge in [-0.15, -0.1) is 0 Å². The molecular formula is C22H22F2N6O. The van der Waals surface area contributed by atoms with Gasteiger partial charge in [0.25, 0.3) is 0 Å². The number of anilines is 3. The largest absolute Gasteiger partial charge is 0.494 e. The zero-order valence-electron chi connectivity index (χ0n) is 17.6. The Hall–Kier alpha value is -3.75. The van der Waals surface area contributed by atoms with Crippen LogP contribution < -0.4 is 15.8 Å². The quantitative estimate of drug-likeness (QED) is 0.439. The number of benzene rings is 2. The molecular weight excluding hydrogens is 402 g/mol. The fraction of sp³-hybridized carbons (Fsp3) is 0.227. The second-order valence-corrected chi connectivity index (χ2v) is 7.41. The highest BCUT2D eigenvalue weighted by Gasteiger charge is 2.17. The maximum absolute atomic E-state index is 14.8. The maximum atomic E-state index is 14.8. The van der Waals surface area contributed by atoms with Crippen LogP contribution >= 0.6 is 0 Å². The highest BCUT2D eigenvalue weighted by Crippen LogP contribution is 2.32. The van der Waals surface area contributed by atoms with Crippen molar-refractivity contribution in [2.45, 2.75) is 26.8 Å². The standard InChI is InChI=1S/C22H22F2N6O/c1-11(2)30-12(3)27-21-15(24)7-13(8-19(21)30)17-5-6-26-22(28-17)29-18-10-16(25)14(23)9-20(18)31-4/h5-11H,25H2,1-4H3,(H,26,28,29). The van der Waals surface area contributed by atoms with Crippen molar-refractivity contribution in [2.75, 3.05) is 18.2 Å². The number of halogens is 2. The van der Waals surface area contributed by atoms with E-state index in [1.807, 2.05) is 31.4 Å². The van der Waals surface area contributed by atoms with Gasteiger partial charge in [0, 0.05) is 23.9 Å². The first kappa shape index (κ1) is 20.5. The Labute approximate surface area is 177 Å². The summed E-state index contributed by atoms with van der Waals surface area (Å²) in [5.74, 6) is 0.224. The Kier molecular flexibility index (Phi) is 5.18. The van der Waals surface area contributed by atoms with Crippen molar-refractivity contribution in [1.29, 1.82) is 0 Å². The Bertz CT molecular complexity index is 1280. The first-order valence-corrected chi connectivity index (χ1v) is 9.70. The molecule has 0 radical (unpaired) electrons. The SMILES string of the molecule is COc1cc(F)c(N)cc1Nc1nccc(-c2cc(F)c3nc(C)n(C(C)C)c3c2)n1. The van der Waals surface area contributed by atoms with Gasteiger partial charge in [0.1, 0.15) is 22.9 Å². The molecule has 0 saturated carbocycles. The minimum absolute atomic E-state index is 0.0377. The number of hydrogen-bond acceptors (Lipinski definition) is 6. The molecule has 0 saturated heterocycles. The summed E-state index contributed by atoms with van der Waals surface area (Å²) in [5.41, 5.74) is 8.17. The van der Waals surface area contributed by atoms with E-state index in [0.29, 0.717) is 28.0 Å². The first-order chi connectivity index (χ1) is 14.8. The number of fused-ring (bicyclic) bond motifs is 1. The molecule has 0 atom stereocenters. The molecule has 0 bridgehead atoms. The summed E-state index contributed by atoms with van der Waals surface area (Å²) >= 11 is 0. The minimum atomic E-state index is -0.585. The average Bonchev–Trinajstić information content (AvgIpc) is 3.07. The number of ether oxygens (including phenoxy) is 1. The highest BCUT2D eigenvalue weighted by molar-refractivity contribution is 5.83. The summed E-state index contributed by atoms with van der Waals surface area (Å²) in [6, 6.07) is 7.66. The summed E-state index contributed by atoms with van der Waals surface area (Å²) in [6.45, 7) is 5.90. The molecule has 7 nitrogen and oxygen atoms in total. The van der Waals surface area contributed by atoms with Crippen molar-refractivity contribution < 1.29 is 13.5 Å². The molecule has 160 valence electrons. The van der Waals surface area contributed by atoms with E-state index in [2.05, 4.69) is 20.3 Å². The number of aromatic nitrogens is 4. The van der Waals surface area contributed by atoms with Gasteiger partial charge in [-0.25, -0.2) is 23.7 Å². The van der Waals surface area contributed by atoms with E-state index in [1.54, 1.807) is 12.3 Å². The molecule has 4 aromatic rings. The lowest BCUT2D eigenvalue weighted by Gasteiger charge is -2.13. The highest BCUT2D eigenvalue weighted by atomic mass is 19.1. The minimum Gasteiger partial charge on any atom is -0.494 e. The van der Waals surface area contributed by atoms with Crippen molar-refractivity contribution in [3.63, 3.8) is 0 Å². The topological polar surface area (TPSA) is 90.9 Å². The van der Waals surface area contributed by atoms with Crippen LogP contribution in [0.3, 0.4) is 0 Å². The lowest BCUT2D eigenvalue weighted by Crippen LogP contribution is -2.03. The van der Waals surface area contributed by atoms with Crippen molar-refractivity contribution >= 4 is 28.4 Å². The van der Waals surface area contributed by atoms with Gasteiger partial charge in [0.2, 0.25) is 5.95 Å². The van der Waals surface area contributed by atoms with Gasteiger partial charge in [0.05, 0.1) is 29.7 Å². The number of nitrogen functional groups attached to an aromatic ring is 1. The molecule has 0 aliphatic carbocycles. The van der Waals surface area contributed by atoms with E-state index < -0.39 is 11.6 Å². The third-order valence-electron chi connectivity index (χ3n) is 4.96. The average molecular weight is 424 g/mol. The molecule has 3 N–H and O–H groups in total. The Morgan fingerprint density at radius 3 is 2.58 bits per heavy atom. The fourth-order valence-corrected chi connectivity index (χ4v) is 3.61. The van der Waals surface area contributed by atoms with Crippen LogP contribution in [-0.2, 0) is 0 Å². The van der Waals surface area contributed by atoms with Crippen LogP contribution in [0.2, 0.25) is 0 Å². The lowest BCUT2D eigenvalue weighted by atomic mass is 10.1. The number of aryl methyl sites for hydroxylation is 1. The molecule has 2 aromatic carbocycles. The molecule has 0 aliphatic heterocycles. The van der Waals surface area contributed by atoms with Crippen molar-refractivity contribution in [2.24, 2.45) is 0 Å². The van der Waals surface area contributed by atoms with E-state index in [0.717, 1.165) is 5.82 Å². The third kappa shape index (κ3) is 3.74. The van der Waals surface area contributed by atoms with Crippen molar-refractivity contribution in [3.05, 3.63) is 54.0 Å². The van der Waals surface area contributed by atoms with E-state index >= 15 is 0 Å². The smallest absolute Gasteiger partial charge is 0.227 e. The van der Waals surface area contributed by atoms with Crippen molar-refractivity contribution in [3.8, 4) is 17.0 Å². The molecule has 31 heavy (non-hydrogen) atoms. The van der Waals surface area contributed by atoms with Crippen LogP contribution in [0, 0.1) is 18.6 Å². The number of rotatable bonds is 5. The first-order valence-electron chi connectivity index (χ1n) is 9.70. The number of nitrogens with two attached hydrogens (primary N) is 1. The Balaban J connectivity index is 1.76. The summed E-state index contributed by atoms with van der Waals surface area (Å²) < 4.78 is 35.7. The van der Waals surface area contributed by atoms with Crippen molar-refractivity contribution in [1.82, 2.24) is 19.5 Å². The van der Waals surface area contributed by atoms with Gasteiger partial charge >= 0.3 is 0 Å². The van der Waals surface area contributed by atoms with Crippen LogP contribution in [0.4, 0.5) is 26.1 Å². The summed E-state index contributed by atoms with van der Waals surface area (Å²) in [5, 5.41) is 2.98. The predicted molar refractivity (Wildman–Crippen MR) is 116 cm³/mol. The van der Waals surface area contributed by atoms with E-state index in [9.17, 15) is 8.78 Å². The second-order valence-electron chi connectivity index (χ2n) is 7.41. The van der Waals surface area contributed by atoms with Gasteiger partial charge in [0.15, 0.2) is 5.82 Å². The van der Waals surface area contributed by atoms with Crippen LogP contribution in [0.25, 0.3) is 22.3 Å². The van der Waals surface area contributed by atoms with Gasteiger partial charge in [-0.1, -0.05) is 0 Å². The molecule has 9 heteroatoms. The number of hydrogen-bond donors (Lipinski definition) is 2. The van der Waals surface area contributed by atoms with E-state index in [4.69, 9.17) is 10.5 Å². The van der Waals surface area contributed by atoms with Gasteiger partial charge in [-0.3, -0.25) is 0 Å². The van der Waals surface area contributed by atoms with Crippen LogP contribution in [0.1, 0.15) is 25.7 Å². The van der Waals surface area contributed by atoms with Crippen LogP contribution in [-0.4, -0.2) is 26.6 Å². The summed E-state index contributed by atoms with van der Waals surface area (Å²) in [4.78, 5) is 13.0. The molecule has 0 unspecified atom stereocenters. The Morgan fingerprint density at radius 2 is 1.87 bits per heavy atom. The number of nitrogens with zero attached hydrogens (tertiary/aromatic N) is 4. The van der Waals surface area contributed by atoms with Gasteiger partial charge in [-0.2, -0.15) is 0 Å².